The van der Waals surface area contributed by atoms with Crippen LogP contribution in [0, 0.1) is 5.41 Å². The first-order valence-electron chi connectivity index (χ1n) is 7.37. The summed E-state index contributed by atoms with van der Waals surface area (Å²) in [5, 5.41) is 3.02. The molecule has 0 spiro atoms. The average molecular weight is 283 g/mol. The highest BCUT2D eigenvalue weighted by Gasteiger charge is 2.41. The Morgan fingerprint density at radius 2 is 2.15 bits per heavy atom. The van der Waals surface area contributed by atoms with Crippen LogP contribution in [0.1, 0.15) is 33.1 Å². The summed E-state index contributed by atoms with van der Waals surface area (Å²) in [5.41, 5.74) is 5.30. The molecule has 1 unspecified atom stereocenters. The van der Waals surface area contributed by atoms with E-state index in [1.807, 2.05) is 18.7 Å². The summed E-state index contributed by atoms with van der Waals surface area (Å²) in [7, 11) is 0. The Hall–Kier alpha value is -1.14. The molecule has 3 N–H and O–H groups in total. The molecule has 0 radical (unpaired) electrons. The molecule has 0 saturated carbocycles. The van der Waals surface area contributed by atoms with Gasteiger partial charge in [0.1, 0.15) is 0 Å². The summed E-state index contributed by atoms with van der Waals surface area (Å²) in [6, 6.07) is 0.0830. The van der Waals surface area contributed by atoms with Gasteiger partial charge >= 0.3 is 0 Å². The van der Waals surface area contributed by atoms with E-state index in [0.717, 1.165) is 0 Å². The van der Waals surface area contributed by atoms with Crippen molar-refractivity contribution in [1.29, 1.82) is 0 Å². The van der Waals surface area contributed by atoms with E-state index >= 15 is 0 Å². The summed E-state index contributed by atoms with van der Waals surface area (Å²) in [5.74, 6) is 0.0887. The van der Waals surface area contributed by atoms with Crippen LogP contribution in [0.15, 0.2) is 0 Å². The molecule has 2 aliphatic rings. The summed E-state index contributed by atoms with van der Waals surface area (Å²) >= 11 is 0. The van der Waals surface area contributed by atoms with Crippen molar-refractivity contribution in [3.63, 3.8) is 0 Å². The van der Waals surface area contributed by atoms with E-state index in [1.165, 1.54) is 0 Å². The largest absolute Gasteiger partial charge is 0.381 e. The molecule has 2 saturated heterocycles. The summed E-state index contributed by atoms with van der Waals surface area (Å²) in [6.07, 6.45) is 1.70. The van der Waals surface area contributed by atoms with Gasteiger partial charge in [0.15, 0.2) is 0 Å². The number of carbonyl (C=O) groups excluding carboxylic acids is 2. The van der Waals surface area contributed by atoms with Crippen LogP contribution in [0.2, 0.25) is 0 Å². The van der Waals surface area contributed by atoms with Gasteiger partial charge in [-0.1, -0.05) is 0 Å². The summed E-state index contributed by atoms with van der Waals surface area (Å²) in [6.45, 7) is 6.05. The fourth-order valence-corrected chi connectivity index (χ4v) is 2.95. The van der Waals surface area contributed by atoms with Crippen molar-refractivity contribution in [3.05, 3.63) is 0 Å². The maximum absolute atomic E-state index is 12.5. The van der Waals surface area contributed by atoms with Crippen LogP contribution in [-0.2, 0) is 14.3 Å². The second-order valence-electron chi connectivity index (χ2n) is 6.11. The Labute approximate surface area is 120 Å². The average Bonchev–Trinajstić information content (AvgIpc) is 2.80. The van der Waals surface area contributed by atoms with Crippen LogP contribution < -0.4 is 11.1 Å². The molecule has 0 aromatic rings. The number of likely N-dealkylation sites (tertiary alicyclic amines) is 1. The highest BCUT2D eigenvalue weighted by Crippen LogP contribution is 2.30. The fraction of sp³-hybridized carbons (Fsp3) is 0.857. The molecule has 20 heavy (non-hydrogen) atoms. The second-order valence-corrected chi connectivity index (χ2v) is 6.11. The maximum atomic E-state index is 12.5. The molecule has 0 aromatic heterocycles. The first kappa shape index (κ1) is 15.3. The maximum Gasteiger partial charge on any atom is 0.227 e. The van der Waals surface area contributed by atoms with Gasteiger partial charge in [-0.2, -0.15) is 0 Å². The Morgan fingerprint density at radius 3 is 2.65 bits per heavy atom. The van der Waals surface area contributed by atoms with Crippen molar-refractivity contribution < 1.29 is 14.3 Å². The minimum absolute atomic E-state index is 0.0216. The Bertz CT molecular complexity index is 378. The normalized spacial score (nSPS) is 26.1. The van der Waals surface area contributed by atoms with Gasteiger partial charge < -0.3 is 20.7 Å². The van der Waals surface area contributed by atoms with Crippen molar-refractivity contribution in [2.45, 2.75) is 45.2 Å². The molecule has 2 aliphatic heterocycles. The third kappa shape index (κ3) is 2.96. The lowest BCUT2D eigenvalue weighted by atomic mass is 9.79. The fourth-order valence-electron chi connectivity index (χ4n) is 2.95. The highest BCUT2D eigenvalue weighted by atomic mass is 16.5. The zero-order valence-electron chi connectivity index (χ0n) is 12.4. The number of amides is 2. The van der Waals surface area contributed by atoms with Crippen molar-refractivity contribution in [2.75, 3.05) is 26.3 Å². The number of nitrogens with zero attached hydrogens (tertiary/aromatic N) is 1. The van der Waals surface area contributed by atoms with Crippen LogP contribution >= 0.6 is 0 Å². The number of rotatable bonds is 4. The SMILES string of the molecule is CC(C)N1CC(NC(=O)C2(CN)CCOCC2)CC1=O. The zero-order valence-corrected chi connectivity index (χ0v) is 12.4. The Kier molecular flexibility index (Phi) is 4.65. The number of hydrogen-bond acceptors (Lipinski definition) is 4. The number of carbonyl (C=O) groups is 2. The smallest absolute Gasteiger partial charge is 0.227 e. The van der Waals surface area contributed by atoms with Gasteiger partial charge in [0.05, 0.1) is 11.5 Å². The van der Waals surface area contributed by atoms with Gasteiger partial charge in [0.2, 0.25) is 11.8 Å². The lowest BCUT2D eigenvalue weighted by Crippen LogP contribution is -2.52. The third-order valence-electron chi connectivity index (χ3n) is 4.44. The van der Waals surface area contributed by atoms with E-state index in [0.29, 0.717) is 45.6 Å². The first-order valence-corrected chi connectivity index (χ1v) is 7.37. The van der Waals surface area contributed by atoms with E-state index in [4.69, 9.17) is 10.5 Å². The number of ether oxygens (including phenoxy) is 1. The van der Waals surface area contributed by atoms with Gasteiger partial charge in [0.25, 0.3) is 0 Å². The topological polar surface area (TPSA) is 84.7 Å². The molecule has 1 atom stereocenters. The van der Waals surface area contributed by atoms with Crippen LogP contribution in [-0.4, -0.2) is 55.1 Å². The highest BCUT2D eigenvalue weighted by molar-refractivity contribution is 5.85. The van der Waals surface area contributed by atoms with Gasteiger partial charge in [-0.15, -0.1) is 0 Å². The van der Waals surface area contributed by atoms with E-state index in [1.54, 1.807) is 0 Å². The number of nitrogens with one attached hydrogen (secondary N) is 1. The quantitative estimate of drug-likeness (QED) is 0.752. The molecule has 2 amide bonds. The minimum atomic E-state index is -0.521. The van der Waals surface area contributed by atoms with Crippen molar-refractivity contribution in [3.8, 4) is 0 Å². The minimum Gasteiger partial charge on any atom is -0.381 e. The molecule has 0 aromatic carbocycles. The number of hydrogen-bond donors (Lipinski definition) is 2. The molecule has 2 fully saturated rings. The molecular weight excluding hydrogens is 258 g/mol. The van der Waals surface area contributed by atoms with Crippen molar-refractivity contribution in [1.82, 2.24) is 10.2 Å². The molecule has 114 valence electrons. The monoisotopic (exact) mass is 283 g/mol. The molecule has 2 heterocycles. The lowest BCUT2D eigenvalue weighted by molar-refractivity contribution is -0.136. The predicted octanol–water partition coefficient (Wildman–Crippen LogP) is -0.133. The predicted molar refractivity (Wildman–Crippen MR) is 74.9 cm³/mol. The van der Waals surface area contributed by atoms with Crippen LogP contribution in [0.25, 0.3) is 0 Å². The van der Waals surface area contributed by atoms with Gasteiger partial charge in [-0.05, 0) is 26.7 Å². The lowest BCUT2D eigenvalue weighted by Gasteiger charge is -2.35. The summed E-state index contributed by atoms with van der Waals surface area (Å²) < 4.78 is 5.31. The summed E-state index contributed by atoms with van der Waals surface area (Å²) in [4.78, 5) is 26.2. The van der Waals surface area contributed by atoms with Gasteiger partial charge in [-0.25, -0.2) is 0 Å². The van der Waals surface area contributed by atoms with Gasteiger partial charge in [-0.3, -0.25) is 9.59 Å². The molecule has 2 rings (SSSR count). The van der Waals surface area contributed by atoms with E-state index in [2.05, 4.69) is 5.32 Å². The first-order chi connectivity index (χ1) is 9.48. The molecule has 6 nitrogen and oxygen atoms in total. The Morgan fingerprint density at radius 1 is 1.50 bits per heavy atom. The van der Waals surface area contributed by atoms with Gasteiger partial charge in [0, 0.05) is 38.8 Å². The second kappa shape index (κ2) is 6.10. The third-order valence-corrected chi connectivity index (χ3v) is 4.44. The van der Waals surface area contributed by atoms with Crippen LogP contribution in [0.5, 0.6) is 0 Å². The van der Waals surface area contributed by atoms with E-state index < -0.39 is 5.41 Å². The molecule has 0 bridgehead atoms. The van der Waals surface area contributed by atoms with Crippen molar-refractivity contribution in [2.24, 2.45) is 11.1 Å². The van der Waals surface area contributed by atoms with Crippen molar-refractivity contribution >= 4 is 11.8 Å². The zero-order chi connectivity index (χ0) is 14.8. The van der Waals surface area contributed by atoms with E-state index in [-0.39, 0.29) is 23.9 Å². The van der Waals surface area contributed by atoms with Crippen LogP contribution in [0.4, 0.5) is 0 Å². The Balaban J connectivity index is 1.96. The molecular formula is C14H25N3O3. The van der Waals surface area contributed by atoms with Crippen LogP contribution in [0.3, 0.4) is 0 Å². The number of nitrogens with two attached hydrogens (primary N) is 1. The van der Waals surface area contributed by atoms with E-state index in [9.17, 15) is 9.59 Å². The molecule has 0 aliphatic carbocycles. The standard InChI is InChI=1S/C14H25N3O3/c1-10(2)17-8-11(7-12(17)18)16-13(19)14(9-15)3-5-20-6-4-14/h10-11H,3-9,15H2,1-2H3,(H,16,19). The molecule has 6 heteroatoms.